The maximum Gasteiger partial charge on any atom is 0.310 e. The van der Waals surface area contributed by atoms with Crippen molar-refractivity contribution >= 4 is 11.8 Å². The van der Waals surface area contributed by atoms with Crippen molar-refractivity contribution in [1.82, 2.24) is 0 Å². The van der Waals surface area contributed by atoms with E-state index >= 15 is 0 Å². The maximum absolute atomic E-state index is 12.0. The van der Waals surface area contributed by atoms with E-state index in [-0.39, 0.29) is 12.2 Å². The monoisotopic (exact) mass is 234 g/mol. The number of ketones is 1. The molecule has 0 aliphatic carbocycles. The van der Waals surface area contributed by atoms with Crippen LogP contribution in [0.2, 0.25) is 0 Å². The number of carboxylic acid groups (broad SMARTS) is 1. The molecule has 0 spiro atoms. The third kappa shape index (κ3) is 1.90. The molecule has 4 nitrogen and oxygen atoms in total. The van der Waals surface area contributed by atoms with Crippen molar-refractivity contribution in [2.24, 2.45) is 5.92 Å². The Kier molecular flexibility index (Phi) is 2.65. The number of fused-ring (bicyclic) bond motifs is 1. The summed E-state index contributed by atoms with van der Waals surface area (Å²) >= 11 is 0. The summed E-state index contributed by atoms with van der Waals surface area (Å²) in [4.78, 5) is 23.0. The van der Waals surface area contributed by atoms with Crippen LogP contribution in [0.4, 0.5) is 0 Å². The molecular weight excluding hydrogens is 220 g/mol. The number of ether oxygens (including phenoxy) is 1. The summed E-state index contributed by atoms with van der Waals surface area (Å²) in [5.74, 6) is -1.29. The zero-order valence-electron chi connectivity index (χ0n) is 9.77. The molecule has 1 aromatic carbocycles. The van der Waals surface area contributed by atoms with Crippen molar-refractivity contribution in [3.63, 3.8) is 0 Å². The highest BCUT2D eigenvalue weighted by atomic mass is 16.5. The third-order valence-electron chi connectivity index (χ3n) is 3.33. The fourth-order valence-corrected chi connectivity index (χ4v) is 1.99. The van der Waals surface area contributed by atoms with Gasteiger partial charge in [-0.05, 0) is 26.0 Å². The van der Waals surface area contributed by atoms with Crippen molar-refractivity contribution in [1.29, 1.82) is 0 Å². The molecule has 1 N–H and O–H groups in total. The minimum atomic E-state index is -0.975. The Bertz CT molecular complexity index is 480. The molecule has 0 fully saturated rings. The lowest BCUT2D eigenvalue weighted by Crippen LogP contribution is -2.47. The van der Waals surface area contributed by atoms with Crippen LogP contribution in [0.1, 0.15) is 30.6 Å². The van der Waals surface area contributed by atoms with E-state index < -0.39 is 17.5 Å². The molecule has 1 aliphatic heterocycles. The zero-order valence-corrected chi connectivity index (χ0v) is 9.77. The summed E-state index contributed by atoms with van der Waals surface area (Å²) in [6, 6.07) is 6.93. The summed E-state index contributed by atoms with van der Waals surface area (Å²) in [7, 11) is 0. The molecule has 1 aromatic rings. The molecule has 0 saturated carbocycles. The number of rotatable bonds is 2. The lowest BCUT2D eigenvalue weighted by molar-refractivity contribution is -0.148. The first-order chi connectivity index (χ1) is 7.94. The lowest BCUT2D eigenvalue weighted by Gasteiger charge is -2.37. The largest absolute Gasteiger partial charge is 0.485 e. The van der Waals surface area contributed by atoms with Crippen LogP contribution in [0.25, 0.3) is 0 Å². The van der Waals surface area contributed by atoms with Gasteiger partial charge in [-0.1, -0.05) is 12.1 Å². The number of Topliss-reactive ketones (excluding diaryl/α,β-unsaturated/α-hetero) is 1. The van der Waals surface area contributed by atoms with Crippen LogP contribution in [-0.2, 0) is 4.79 Å². The Morgan fingerprint density at radius 2 is 2.12 bits per heavy atom. The summed E-state index contributed by atoms with van der Waals surface area (Å²) in [5.41, 5.74) is -0.445. The molecule has 17 heavy (non-hydrogen) atoms. The molecule has 0 aromatic heterocycles. The van der Waals surface area contributed by atoms with Crippen molar-refractivity contribution in [3.8, 4) is 5.75 Å². The zero-order chi connectivity index (χ0) is 12.6. The Morgan fingerprint density at radius 3 is 2.76 bits per heavy atom. The molecule has 0 radical (unpaired) electrons. The van der Waals surface area contributed by atoms with E-state index in [4.69, 9.17) is 9.84 Å². The Morgan fingerprint density at radius 1 is 1.47 bits per heavy atom. The standard InChI is InChI=1S/C13H14O4/c1-8(12(15)16)13(2)7-10(14)9-5-3-4-6-11(9)17-13/h3-6,8H,7H2,1-2H3,(H,15,16)/t8?,13-/m1/s1. The smallest absolute Gasteiger partial charge is 0.310 e. The average Bonchev–Trinajstić information content (AvgIpc) is 2.27. The van der Waals surface area contributed by atoms with Gasteiger partial charge in [0.1, 0.15) is 11.4 Å². The van der Waals surface area contributed by atoms with E-state index in [0.29, 0.717) is 11.3 Å². The number of para-hydroxylation sites is 1. The van der Waals surface area contributed by atoms with Gasteiger partial charge in [0.05, 0.1) is 17.9 Å². The summed E-state index contributed by atoms with van der Waals surface area (Å²) < 4.78 is 5.71. The molecule has 2 atom stereocenters. The molecule has 90 valence electrons. The second-order valence-corrected chi connectivity index (χ2v) is 4.57. The van der Waals surface area contributed by atoms with Gasteiger partial charge in [0.15, 0.2) is 5.78 Å². The van der Waals surface area contributed by atoms with Crippen LogP contribution in [0, 0.1) is 5.92 Å². The van der Waals surface area contributed by atoms with Gasteiger partial charge >= 0.3 is 5.97 Å². The van der Waals surface area contributed by atoms with E-state index in [0.717, 1.165) is 0 Å². The van der Waals surface area contributed by atoms with Crippen molar-refractivity contribution < 1.29 is 19.4 Å². The molecule has 0 saturated heterocycles. The third-order valence-corrected chi connectivity index (χ3v) is 3.33. The number of aliphatic carboxylic acids is 1. The predicted molar refractivity (Wildman–Crippen MR) is 61.2 cm³/mol. The Hall–Kier alpha value is -1.84. The average molecular weight is 234 g/mol. The Balaban J connectivity index is 2.39. The molecule has 1 aliphatic rings. The first kappa shape index (κ1) is 11.6. The van der Waals surface area contributed by atoms with E-state index in [2.05, 4.69) is 0 Å². The lowest BCUT2D eigenvalue weighted by atomic mass is 9.82. The van der Waals surface area contributed by atoms with Crippen molar-refractivity contribution in [2.45, 2.75) is 25.9 Å². The number of carbonyl (C=O) groups excluding carboxylic acids is 1. The molecular formula is C13H14O4. The second kappa shape index (κ2) is 3.87. The normalized spacial score (nSPS) is 24.7. The van der Waals surface area contributed by atoms with Gasteiger partial charge in [-0.2, -0.15) is 0 Å². The van der Waals surface area contributed by atoms with Gasteiger partial charge < -0.3 is 9.84 Å². The fourth-order valence-electron chi connectivity index (χ4n) is 1.99. The summed E-state index contributed by atoms with van der Waals surface area (Å²) in [5, 5.41) is 9.04. The van der Waals surface area contributed by atoms with E-state index in [1.165, 1.54) is 0 Å². The summed E-state index contributed by atoms with van der Waals surface area (Å²) in [6.07, 6.45) is 0.0947. The van der Waals surface area contributed by atoms with Crippen LogP contribution in [0.3, 0.4) is 0 Å². The number of benzene rings is 1. The fraction of sp³-hybridized carbons (Fsp3) is 0.385. The molecule has 2 rings (SSSR count). The molecule has 1 unspecified atom stereocenters. The number of carbonyl (C=O) groups is 2. The molecule has 4 heteroatoms. The number of hydrogen-bond donors (Lipinski definition) is 1. The van der Waals surface area contributed by atoms with E-state index in [9.17, 15) is 9.59 Å². The topological polar surface area (TPSA) is 63.6 Å². The van der Waals surface area contributed by atoms with Crippen LogP contribution in [-0.4, -0.2) is 22.5 Å². The number of hydrogen-bond acceptors (Lipinski definition) is 3. The van der Waals surface area contributed by atoms with Crippen LogP contribution >= 0.6 is 0 Å². The number of carboxylic acids is 1. The van der Waals surface area contributed by atoms with Crippen molar-refractivity contribution in [3.05, 3.63) is 29.8 Å². The highest BCUT2D eigenvalue weighted by molar-refractivity contribution is 6.00. The highest BCUT2D eigenvalue weighted by Crippen LogP contribution is 2.37. The van der Waals surface area contributed by atoms with E-state index in [1.54, 1.807) is 38.1 Å². The van der Waals surface area contributed by atoms with Gasteiger partial charge in [0.25, 0.3) is 0 Å². The van der Waals surface area contributed by atoms with Crippen molar-refractivity contribution in [2.75, 3.05) is 0 Å². The van der Waals surface area contributed by atoms with Gasteiger partial charge in [0.2, 0.25) is 0 Å². The first-order valence-electron chi connectivity index (χ1n) is 5.48. The maximum atomic E-state index is 12.0. The SMILES string of the molecule is CC(C(=O)O)[C@@]1(C)CC(=O)c2ccccc2O1. The second-order valence-electron chi connectivity index (χ2n) is 4.57. The van der Waals surface area contributed by atoms with Crippen LogP contribution < -0.4 is 4.74 Å². The van der Waals surface area contributed by atoms with Crippen LogP contribution in [0.5, 0.6) is 5.75 Å². The van der Waals surface area contributed by atoms with E-state index in [1.807, 2.05) is 0 Å². The van der Waals surface area contributed by atoms with Gasteiger partial charge in [-0.15, -0.1) is 0 Å². The minimum absolute atomic E-state index is 0.0672. The predicted octanol–water partition coefficient (Wildman–Crippen LogP) is 2.13. The van der Waals surface area contributed by atoms with Gasteiger partial charge in [-0.25, -0.2) is 0 Å². The molecule has 1 heterocycles. The molecule has 0 amide bonds. The highest BCUT2D eigenvalue weighted by Gasteiger charge is 2.43. The summed E-state index contributed by atoms with van der Waals surface area (Å²) in [6.45, 7) is 3.23. The van der Waals surface area contributed by atoms with Crippen LogP contribution in [0.15, 0.2) is 24.3 Å². The quantitative estimate of drug-likeness (QED) is 0.851. The Labute approximate surface area is 99.2 Å². The molecule has 0 bridgehead atoms. The van der Waals surface area contributed by atoms with Gasteiger partial charge in [-0.3, -0.25) is 9.59 Å². The minimum Gasteiger partial charge on any atom is -0.485 e. The first-order valence-corrected chi connectivity index (χ1v) is 5.48. The van der Waals surface area contributed by atoms with Gasteiger partial charge in [0, 0.05) is 0 Å².